The minimum Gasteiger partial charge on any atom is -0.461 e. The van der Waals surface area contributed by atoms with Gasteiger partial charge in [0.25, 0.3) is 0 Å². The van der Waals surface area contributed by atoms with Gasteiger partial charge in [-0.1, -0.05) is 0 Å². The number of hydrogen-bond donors (Lipinski definition) is 1. The molecule has 0 radical (unpaired) electrons. The van der Waals surface area contributed by atoms with Crippen molar-refractivity contribution in [2.75, 3.05) is 0 Å². The predicted octanol–water partition coefficient (Wildman–Crippen LogP) is 2.91. The molecule has 1 aliphatic rings. The summed E-state index contributed by atoms with van der Waals surface area (Å²) >= 11 is 0. The number of rotatable bonds is 4. The Hall–Kier alpha value is -1.68. The van der Waals surface area contributed by atoms with Crippen molar-refractivity contribution in [2.45, 2.75) is 46.2 Å². The van der Waals surface area contributed by atoms with Crippen LogP contribution in [-0.4, -0.2) is 16.0 Å². The van der Waals surface area contributed by atoms with Gasteiger partial charge in [-0.3, -0.25) is 0 Å². The van der Waals surface area contributed by atoms with Crippen molar-refractivity contribution in [1.29, 1.82) is 0 Å². The van der Waals surface area contributed by atoms with Gasteiger partial charge in [0.2, 0.25) is 0 Å². The number of aryl methyl sites for hydroxylation is 3. The maximum atomic E-state index is 5.47. The lowest BCUT2D eigenvalue weighted by Gasteiger charge is -2.11. The fourth-order valence-corrected chi connectivity index (χ4v) is 2.23. The van der Waals surface area contributed by atoms with E-state index in [0.717, 1.165) is 29.3 Å². The van der Waals surface area contributed by atoms with Crippen LogP contribution in [0.2, 0.25) is 0 Å². The van der Waals surface area contributed by atoms with Crippen molar-refractivity contribution in [3.63, 3.8) is 0 Å². The Morgan fingerprint density at radius 2 is 1.89 bits per heavy atom. The van der Waals surface area contributed by atoms with Crippen molar-refractivity contribution in [2.24, 2.45) is 0 Å². The SMILES string of the molecule is Cc1ccoc1-c1nc(C)c(CNC2CC2)c(C)n1. The molecule has 2 heterocycles. The van der Waals surface area contributed by atoms with Crippen molar-refractivity contribution < 1.29 is 4.42 Å². The van der Waals surface area contributed by atoms with Crippen LogP contribution in [0.3, 0.4) is 0 Å². The van der Waals surface area contributed by atoms with Crippen LogP contribution in [0, 0.1) is 20.8 Å². The Balaban J connectivity index is 1.90. The van der Waals surface area contributed by atoms with Gasteiger partial charge in [-0.05, 0) is 45.2 Å². The molecule has 3 rings (SSSR count). The highest BCUT2D eigenvalue weighted by Gasteiger charge is 2.21. The maximum absolute atomic E-state index is 5.47. The van der Waals surface area contributed by atoms with E-state index in [1.165, 1.54) is 18.4 Å². The third kappa shape index (κ3) is 2.54. The molecular weight excluding hydrogens is 238 g/mol. The van der Waals surface area contributed by atoms with Crippen LogP contribution in [0.1, 0.15) is 35.4 Å². The Labute approximate surface area is 113 Å². The van der Waals surface area contributed by atoms with Crippen LogP contribution in [0.15, 0.2) is 16.7 Å². The molecule has 0 aromatic carbocycles. The molecule has 0 spiro atoms. The van der Waals surface area contributed by atoms with E-state index in [1.807, 2.05) is 26.8 Å². The summed E-state index contributed by atoms with van der Waals surface area (Å²) in [5.41, 5.74) is 4.35. The lowest BCUT2D eigenvalue weighted by molar-refractivity contribution is 0.574. The van der Waals surface area contributed by atoms with E-state index < -0.39 is 0 Å². The molecule has 2 aromatic rings. The Bertz CT molecular complexity index is 576. The molecule has 0 saturated heterocycles. The zero-order valence-electron chi connectivity index (χ0n) is 11.7. The molecule has 4 nitrogen and oxygen atoms in total. The number of aromatic nitrogens is 2. The normalized spacial score (nSPS) is 14.9. The van der Waals surface area contributed by atoms with E-state index in [1.54, 1.807) is 6.26 Å². The summed E-state index contributed by atoms with van der Waals surface area (Å²) in [5, 5.41) is 3.52. The molecule has 19 heavy (non-hydrogen) atoms. The largest absolute Gasteiger partial charge is 0.461 e. The molecule has 0 atom stereocenters. The van der Waals surface area contributed by atoms with Gasteiger partial charge >= 0.3 is 0 Å². The molecule has 1 fully saturated rings. The predicted molar refractivity (Wildman–Crippen MR) is 73.8 cm³/mol. The topological polar surface area (TPSA) is 51.0 Å². The second-order valence-electron chi connectivity index (χ2n) is 5.28. The standard InChI is InChI=1S/C15H19N3O/c1-9-6-7-19-14(9)15-17-10(2)13(11(3)18-15)8-16-12-4-5-12/h6-7,12,16H,4-5,8H2,1-3H3. The van der Waals surface area contributed by atoms with E-state index in [0.29, 0.717) is 11.9 Å². The first-order chi connectivity index (χ1) is 9.15. The third-order valence-electron chi connectivity index (χ3n) is 3.63. The average molecular weight is 257 g/mol. The number of hydrogen-bond acceptors (Lipinski definition) is 4. The fourth-order valence-electron chi connectivity index (χ4n) is 2.23. The monoisotopic (exact) mass is 257 g/mol. The second kappa shape index (κ2) is 4.78. The summed E-state index contributed by atoms with van der Waals surface area (Å²) in [6.07, 6.45) is 4.27. The lowest BCUT2D eigenvalue weighted by Crippen LogP contribution is -2.18. The highest BCUT2D eigenvalue weighted by Crippen LogP contribution is 2.24. The summed E-state index contributed by atoms with van der Waals surface area (Å²) in [6.45, 7) is 6.95. The van der Waals surface area contributed by atoms with Crippen molar-refractivity contribution >= 4 is 0 Å². The van der Waals surface area contributed by atoms with Gasteiger partial charge in [-0.25, -0.2) is 9.97 Å². The second-order valence-corrected chi connectivity index (χ2v) is 5.28. The Kier molecular flexibility index (Phi) is 3.11. The zero-order chi connectivity index (χ0) is 13.4. The average Bonchev–Trinajstić information content (AvgIpc) is 3.09. The van der Waals surface area contributed by atoms with E-state index in [4.69, 9.17) is 4.42 Å². The maximum Gasteiger partial charge on any atom is 0.196 e. The highest BCUT2D eigenvalue weighted by molar-refractivity contribution is 5.53. The molecule has 1 N–H and O–H groups in total. The quantitative estimate of drug-likeness (QED) is 0.915. The van der Waals surface area contributed by atoms with E-state index in [-0.39, 0.29) is 0 Å². The van der Waals surface area contributed by atoms with Crippen LogP contribution in [0.4, 0.5) is 0 Å². The molecule has 0 unspecified atom stereocenters. The molecule has 0 bridgehead atoms. The minimum absolute atomic E-state index is 0.688. The minimum atomic E-state index is 0.688. The number of nitrogens with one attached hydrogen (secondary N) is 1. The van der Waals surface area contributed by atoms with Crippen LogP contribution in [0.5, 0.6) is 0 Å². The van der Waals surface area contributed by atoms with Gasteiger partial charge in [-0.15, -0.1) is 0 Å². The van der Waals surface area contributed by atoms with Crippen LogP contribution < -0.4 is 5.32 Å². The molecule has 2 aromatic heterocycles. The summed E-state index contributed by atoms with van der Waals surface area (Å²) in [7, 11) is 0. The van der Waals surface area contributed by atoms with E-state index in [2.05, 4.69) is 15.3 Å². The summed E-state index contributed by atoms with van der Waals surface area (Å²) in [6, 6.07) is 2.64. The van der Waals surface area contributed by atoms with Crippen LogP contribution >= 0.6 is 0 Å². The summed E-state index contributed by atoms with van der Waals surface area (Å²) < 4.78 is 5.47. The van der Waals surface area contributed by atoms with Gasteiger partial charge in [0.1, 0.15) is 0 Å². The summed E-state index contributed by atoms with van der Waals surface area (Å²) in [5.74, 6) is 1.46. The van der Waals surface area contributed by atoms with Crippen molar-refractivity contribution in [1.82, 2.24) is 15.3 Å². The van der Waals surface area contributed by atoms with Gasteiger partial charge in [0, 0.05) is 29.5 Å². The third-order valence-corrected chi connectivity index (χ3v) is 3.63. The van der Waals surface area contributed by atoms with Gasteiger partial charge < -0.3 is 9.73 Å². The molecule has 0 aliphatic heterocycles. The number of furan rings is 1. The smallest absolute Gasteiger partial charge is 0.196 e. The lowest BCUT2D eigenvalue weighted by atomic mass is 10.1. The van der Waals surface area contributed by atoms with Crippen LogP contribution in [-0.2, 0) is 6.54 Å². The first-order valence-electron chi connectivity index (χ1n) is 6.77. The number of nitrogens with zero attached hydrogens (tertiary/aromatic N) is 2. The first-order valence-corrected chi connectivity index (χ1v) is 6.77. The highest BCUT2D eigenvalue weighted by atomic mass is 16.3. The first kappa shape index (κ1) is 12.4. The van der Waals surface area contributed by atoms with E-state index in [9.17, 15) is 0 Å². The molecule has 4 heteroatoms. The van der Waals surface area contributed by atoms with Crippen LogP contribution in [0.25, 0.3) is 11.6 Å². The van der Waals surface area contributed by atoms with Gasteiger partial charge in [0.05, 0.1) is 6.26 Å². The molecule has 0 amide bonds. The molecule has 1 aliphatic carbocycles. The summed E-state index contributed by atoms with van der Waals surface area (Å²) in [4.78, 5) is 9.18. The molecule has 1 saturated carbocycles. The van der Waals surface area contributed by atoms with Crippen molar-refractivity contribution in [3.05, 3.63) is 34.8 Å². The fraction of sp³-hybridized carbons (Fsp3) is 0.467. The Morgan fingerprint density at radius 1 is 1.21 bits per heavy atom. The Morgan fingerprint density at radius 3 is 2.42 bits per heavy atom. The molecular formula is C15H19N3O. The van der Waals surface area contributed by atoms with Crippen molar-refractivity contribution in [3.8, 4) is 11.6 Å². The zero-order valence-corrected chi connectivity index (χ0v) is 11.7. The van der Waals surface area contributed by atoms with Gasteiger partial charge in [-0.2, -0.15) is 0 Å². The molecule has 100 valence electrons. The van der Waals surface area contributed by atoms with E-state index >= 15 is 0 Å². The van der Waals surface area contributed by atoms with Gasteiger partial charge in [0.15, 0.2) is 11.6 Å².